The Morgan fingerprint density at radius 3 is 2.67 bits per heavy atom. The van der Waals surface area contributed by atoms with Crippen LogP contribution in [-0.2, 0) is 0 Å². The molecule has 0 amide bonds. The van der Waals surface area contributed by atoms with Gasteiger partial charge in [-0.1, -0.05) is 32.5 Å². The van der Waals surface area contributed by atoms with Crippen LogP contribution in [0.15, 0.2) is 4.99 Å². The highest BCUT2D eigenvalue weighted by molar-refractivity contribution is 8.14. The smallest absolute Gasteiger partial charge is 0.157 e. The minimum atomic E-state index is 0.526. The molecule has 2 aliphatic heterocycles. The van der Waals surface area contributed by atoms with Crippen molar-refractivity contribution < 1.29 is 0 Å². The maximum absolute atomic E-state index is 4.79. The highest BCUT2D eigenvalue weighted by atomic mass is 32.2. The molecule has 0 aromatic carbocycles. The van der Waals surface area contributed by atoms with Crippen molar-refractivity contribution in [2.75, 3.05) is 25.4 Å². The highest BCUT2D eigenvalue weighted by Gasteiger charge is 2.24. The van der Waals surface area contributed by atoms with Crippen LogP contribution < -0.4 is 5.32 Å². The summed E-state index contributed by atoms with van der Waals surface area (Å²) in [7, 11) is 0. The van der Waals surface area contributed by atoms with E-state index in [2.05, 4.69) is 31.0 Å². The fourth-order valence-corrected chi connectivity index (χ4v) is 3.85. The van der Waals surface area contributed by atoms with Crippen molar-refractivity contribution in [1.29, 1.82) is 0 Å². The molecule has 1 atom stereocenters. The Labute approximate surface area is 116 Å². The predicted octanol–water partition coefficient (Wildman–Crippen LogP) is 2.58. The second-order valence-corrected chi connectivity index (χ2v) is 6.83. The summed E-state index contributed by atoms with van der Waals surface area (Å²) in [5.74, 6) is 1.83. The summed E-state index contributed by atoms with van der Waals surface area (Å²) in [5.41, 5.74) is 0. The number of nitrogens with zero attached hydrogens (tertiary/aromatic N) is 2. The van der Waals surface area contributed by atoms with Gasteiger partial charge in [-0.05, 0) is 31.7 Å². The molecule has 2 aliphatic rings. The lowest BCUT2D eigenvalue weighted by Crippen LogP contribution is -2.43. The highest BCUT2D eigenvalue weighted by Crippen LogP contribution is 2.23. The summed E-state index contributed by atoms with van der Waals surface area (Å²) in [4.78, 5) is 7.37. The lowest BCUT2D eigenvalue weighted by molar-refractivity contribution is 0.207. The summed E-state index contributed by atoms with van der Waals surface area (Å²) in [6.45, 7) is 10.5. The Morgan fingerprint density at radius 2 is 2.11 bits per heavy atom. The molecular weight excluding hydrogens is 242 g/mol. The van der Waals surface area contributed by atoms with Gasteiger partial charge in [0.15, 0.2) is 5.17 Å². The van der Waals surface area contributed by atoms with Gasteiger partial charge < -0.3 is 10.2 Å². The van der Waals surface area contributed by atoms with E-state index in [-0.39, 0.29) is 0 Å². The lowest BCUT2D eigenvalue weighted by atomic mass is 10.1. The zero-order valence-electron chi connectivity index (χ0n) is 12.0. The van der Waals surface area contributed by atoms with Crippen LogP contribution in [0.25, 0.3) is 0 Å². The van der Waals surface area contributed by atoms with E-state index in [0.29, 0.717) is 18.0 Å². The number of nitrogens with one attached hydrogen (secondary N) is 1. The number of aliphatic imine (C=N–C) groups is 1. The largest absolute Gasteiger partial charge is 0.362 e. The van der Waals surface area contributed by atoms with Gasteiger partial charge in [-0.2, -0.15) is 0 Å². The molecule has 1 N–H and O–H groups in total. The molecule has 1 saturated heterocycles. The first-order valence-corrected chi connectivity index (χ1v) is 8.37. The Hall–Kier alpha value is -0.220. The van der Waals surface area contributed by atoms with Gasteiger partial charge in [0, 0.05) is 24.9 Å². The molecule has 0 radical (unpaired) electrons. The van der Waals surface area contributed by atoms with E-state index in [1.807, 2.05) is 11.8 Å². The Kier molecular flexibility index (Phi) is 5.37. The monoisotopic (exact) mass is 269 g/mol. The SMILES string of the molecule is CCCN1CCC(NC2=NC(C(C)C)CS2)CC1. The maximum atomic E-state index is 4.79. The third-order valence-corrected chi connectivity index (χ3v) is 4.90. The van der Waals surface area contributed by atoms with Gasteiger partial charge in [0.1, 0.15) is 0 Å². The first-order valence-electron chi connectivity index (χ1n) is 7.38. The van der Waals surface area contributed by atoms with Crippen molar-refractivity contribution in [3.63, 3.8) is 0 Å². The van der Waals surface area contributed by atoms with Crippen molar-refractivity contribution in [1.82, 2.24) is 10.2 Å². The second-order valence-electron chi connectivity index (χ2n) is 5.82. The molecule has 0 spiro atoms. The molecule has 0 aromatic heterocycles. The van der Waals surface area contributed by atoms with Crippen molar-refractivity contribution in [3.8, 4) is 0 Å². The minimum absolute atomic E-state index is 0.526. The van der Waals surface area contributed by atoms with Crippen molar-refractivity contribution in [2.45, 2.75) is 52.1 Å². The average Bonchev–Trinajstić information content (AvgIpc) is 2.81. The average molecular weight is 269 g/mol. The minimum Gasteiger partial charge on any atom is -0.362 e. The van der Waals surface area contributed by atoms with Gasteiger partial charge in [-0.15, -0.1) is 0 Å². The third kappa shape index (κ3) is 3.89. The van der Waals surface area contributed by atoms with E-state index < -0.39 is 0 Å². The van der Waals surface area contributed by atoms with E-state index in [1.165, 1.54) is 44.1 Å². The predicted molar refractivity (Wildman–Crippen MR) is 81.4 cm³/mol. The van der Waals surface area contributed by atoms with Gasteiger partial charge in [-0.3, -0.25) is 4.99 Å². The summed E-state index contributed by atoms with van der Waals surface area (Å²) in [6, 6.07) is 1.17. The zero-order chi connectivity index (χ0) is 13.0. The van der Waals surface area contributed by atoms with Gasteiger partial charge in [0.25, 0.3) is 0 Å². The van der Waals surface area contributed by atoms with Crippen LogP contribution >= 0.6 is 11.8 Å². The van der Waals surface area contributed by atoms with Crippen molar-refractivity contribution in [2.24, 2.45) is 10.9 Å². The number of hydrogen-bond donors (Lipinski definition) is 1. The number of likely N-dealkylation sites (tertiary alicyclic amines) is 1. The Bertz CT molecular complexity index is 283. The van der Waals surface area contributed by atoms with E-state index in [4.69, 9.17) is 4.99 Å². The first-order chi connectivity index (χ1) is 8.69. The number of amidine groups is 1. The molecule has 104 valence electrons. The van der Waals surface area contributed by atoms with Gasteiger partial charge in [0.2, 0.25) is 0 Å². The summed E-state index contributed by atoms with van der Waals surface area (Å²) < 4.78 is 0. The van der Waals surface area contributed by atoms with Crippen LogP contribution in [-0.4, -0.2) is 47.5 Å². The zero-order valence-corrected chi connectivity index (χ0v) is 12.8. The van der Waals surface area contributed by atoms with Crippen LogP contribution in [0.5, 0.6) is 0 Å². The first kappa shape index (κ1) is 14.2. The fourth-order valence-electron chi connectivity index (χ4n) is 2.60. The van der Waals surface area contributed by atoms with Crippen LogP contribution in [0.3, 0.4) is 0 Å². The van der Waals surface area contributed by atoms with E-state index in [0.717, 1.165) is 5.75 Å². The van der Waals surface area contributed by atoms with E-state index in [1.54, 1.807) is 0 Å². The Morgan fingerprint density at radius 1 is 1.39 bits per heavy atom. The molecular formula is C14H27N3S. The third-order valence-electron chi connectivity index (χ3n) is 3.90. The molecule has 0 saturated carbocycles. The fraction of sp³-hybridized carbons (Fsp3) is 0.929. The van der Waals surface area contributed by atoms with Crippen LogP contribution in [0, 0.1) is 5.92 Å². The molecule has 0 aromatic rings. The van der Waals surface area contributed by atoms with Gasteiger partial charge in [-0.25, -0.2) is 0 Å². The number of piperidine rings is 1. The van der Waals surface area contributed by atoms with E-state index >= 15 is 0 Å². The molecule has 4 heteroatoms. The molecule has 0 bridgehead atoms. The van der Waals surface area contributed by atoms with Crippen LogP contribution in [0.2, 0.25) is 0 Å². The Balaban J connectivity index is 1.73. The molecule has 18 heavy (non-hydrogen) atoms. The molecule has 1 fully saturated rings. The molecule has 2 rings (SSSR count). The van der Waals surface area contributed by atoms with Crippen LogP contribution in [0.4, 0.5) is 0 Å². The van der Waals surface area contributed by atoms with Crippen molar-refractivity contribution in [3.05, 3.63) is 0 Å². The second kappa shape index (κ2) is 6.80. The molecule has 0 aliphatic carbocycles. The number of hydrogen-bond acceptors (Lipinski definition) is 4. The topological polar surface area (TPSA) is 27.6 Å². The number of rotatable bonds is 4. The number of thioether (sulfide) groups is 1. The van der Waals surface area contributed by atoms with Crippen LogP contribution in [0.1, 0.15) is 40.0 Å². The molecule has 3 nitrogen and oxygen atoms in total. The summed E-state index contributed by atoms with van der Waals surface area (Å²) >= 11 is 1.91. The van der Waals surface area contributed by atoms with Crippen molar-refractivity contribution >= 4 is 16.9 Å². The summed E-state index contributed by atoms with van der Waals surface area (Å²) in [5, 5.41) is 4.85. The quantitative estimate of drug-likeness (QED) is 0.850. The normalized spacial score (nSPS) is 26.7. The van der Waals surface area contributed by atoms with E-state index in [9.17, 15) is 0 Å². The maximum Gasteiger partial charge on any atom is 0.157 e. The van der Waals surface area contributed by atoms with Gasteiger partial charge in [0.05, 0.1) is 6.04 Å². The summed E-state index contributed by atoms with van der Waals surface area (Å²) in [6.07, 6.45) is 3.81. The van der Waals surface area contributed by atoms with Gasteiger partial charge >= 0.3 is 0 Å². The lowest BCUT2D eigenvalue weighted by Gasteiger charge is -2.32. The molecule has 2 heterocycles. The molecule has 1 unspecified atom stereocenters. The standard InChI is InChI=1S/C14H27N3S/c1-4-7-17-8-5-12(6-9-17)15-14-16-13(10-18-14)11(2)3/h11-13H,4-10H2,1-3H3,(H,15,16).